The van der Waals surface area contributed by atoms with Crippen molar-refractivity contribution >= 4 is 5.69 Å². The van der Waals surface area contributed by atoms with Gasteiger partial charge in [-0.3, -0.25) is 0 Å². The largest absolute Gasteiger partial charge is 0.368 e. The van der Waals surface area contributed by atoms with E-state index in [0.717, 1.165) is 25.9 Å². The van der Waals surface area contributed by atoms with Crippen LogP contribution >= 0.6 is 0 Å². The summed E-state index contributed by atoms with van der Waals surface area (Å²) in [5.74, 6) is 0.654. The highest BCUT2D eigenvalue weighted by Crippen LogP contribution is 2.39. The number of nitrogens with two attached hydrogens (primary N) is 1. The van der Waals surface area contributed by atoms with Crippen LogP contribution in [0.5, 0.6) is 0 Å². The van der Waals surface area contributed by atoms with Crippen molar-refractivity contribution in [3.05, 3.63) is 29.3 Å². The van der Waals surface area contributed by atoms with Gasteiger partial charge >= 0.3 is 0 Å². The highest BCUT2D eigenvalue weighted by atomic mass is 15.2. The topological polar surface area (TPSA) is 29.3 Å². The summed E-state index contributed by atoms with van der Waals surface area (Å²) in [6.07, 6.45) is 2.21. The summed E-state index contributed by atoms with van der Waals surface area (Å²) in [6, 6.07) is 7.32. The molecule has 0 saturated heterocycles. The zero-order valence-electron chi connectivity index (χ0n) is 11.2. The summed E-state index contributed by atoms with van der Waals surface area (Å²) in [5.41, 5.74) is 10.1. The van der Waals surface area contributed by atoms with Crippen LogP contribution in [0.15, 0.2) is 18.2 Å². The van der Waals surface area contributed by atoms with Gasteiger partial charge in [0.2, 0.25) is 0 Å². The highest BCUT2D eigenvalue weighted by Gasteiger charge is 2.28. The van der Waals surface area contributed by atoms with Gasteiger partial charge in [-0.1, -0.05) is 19.1 Å². The molecule has 17 heavy (non-hydrogen) atoms. The van der Waals surface area contributed by atoms with Gasteiger partial charge in [-0.15, -0.1) is 0 Å². The number of nitrogens with zero attached hydrogens (tertiary/aromatic N) is 1. The summed E-state index contributed by atoms with van der Waals surface area (Å²) in [5, 5.41) is 0. The van der Waals surface area contributed by atoms with Crippen LogP contribution in [0.25, 0.3) is 0 Å². The quantitative estimate of drug-likeness (QED) is 0.865. The summed E-state index contributed by atoms with van der Waals surface area (Å²) in [4.78, 5) is 2.52. The summed E-state index contributed by atoms with van der Waals surface area (Å²) in [6.45, 7) is 8.83. The fourth-order valence-corrected chi connectivity index (χ4v) is 2.90. The molecule has 1 aromatic rings. The zero-order valence-corrected chi connectivity index (χ0v) is 11.2. The predicted molar refractivity (Wildman–Crippen MR) is 74.7 cm³/mol. The molecule has 1 unspecified atom stereocenters. The molecular formula is C15H24N2. The van der Waals surface area contributed by atoms with Gasteiger partial charge in [-0.2, -0.15) is 0 Å². The molecule has 1 aromatic carbocycles. The minimum Gasteiger partial charge on any atom is -0.368 e. The molecular weight excluding hydrogens is 208 g/mol. The minimum absolute atomic E-state index is 0.587. The van der Waals surface area contributed by atoms with E-state index >= 15 is 0 Å². The monoisotopic (exact) mass is 232 g/mol. The Bertz CT molecular complexity index is 385. The van der Waals surface area contributed by atoms with Crippen LogP contribution in [0.2, 0.25) is 0 Å². The van der Waals surface area contributed by atoms with Gasteiger partial charge in [0.25, 0.3) is 0 Å². The molecule has 0 aromatic heterocycles. The number of anilines is 1. The third kappa shape index (κ3) is 2.32. The van der Waals surface area contributed by atoms with Crippen molar-refractivity contribution in [1.82, 2.24) is 0 Å². The Morgan fingerprint density at radius 3 is 2.82 bits per heavy atom. The van der Waals surface area contributed by atoms with E-state index in [9.17, 15) is 0 Å². The maximum Gasteiger partial charge on any atom is 0.0407 e. The van der Waals surface area contributed by atoms with E-state index in [0.29, 0.717) is 12.0 Å². The van der Waals surface area contributed by atoms with Crippen molar-refractivity contribution in [2.45, 2.75) is 45.6 Å². The molecule has 2 heteroatoms. The van der Waals surface area contributed by atoms with Gasteiger partial charge in [-0.05, 0) is 50.4 Å². The Morgan fingerprint density at radius 1 is 1.41 bits per heavy atom. The first-order chi connectivity index (χ1) is 8.15. The lowest BCUT2D eigenvalue weighted by Crippen LogP contribution is -2.28. The maximum absolute atomic E-state index is 5.62. The average Bonchev–Trinajstić information content (AvgIpc) is 2.65. The lowest BCUT2D eigenvalue weighted by molar-refractivity contribution is 0.668. The molecule has 1 atom stereocenters. The van der Waals surface area contributed by atoms with E-state index in [1.165, 1.54) is 11.3 Å². The molecule has 1 heterocycles. The second kappa shape index (κ2) is 5.09. The molecule has 94 valence electrons. The van der Waals surface area contributed by atoms with E-state index in [2.05, 4.69) is 43.9 Å². The van der Waals surface area contributed by atoms with E-state index in [4.69, 9.17) is 5.73 Å². The minimum atomic E-state index is 0.587. The van der Waals surface area contributed by atoms with Crippen LogP contribution in [0.3, 0.4) is 0 Å². The van der Waals surface area contributed by atoms with Crippen molar-refractivity contribution < 1.29 is 0 Å². The molecule has 0 aliphatic carbocycles. The van der Waals surface area contributed by atoms with Crippen molar-refractivity contribution in [1.29, 1.82) is 0 Å². The van der Waals surface area contributed by atoms with Crippen LogP contribution in [-0.2, 0) is 6.42 Å². The van der Waals surface area contributed by atoms with Crippen LogP contribution in [0.1, 0.15) is 44.2 Å². The molecule has 1 aliphatic rings. The van der Waals surface area contributed by atoms with Gasteiger partial charge in [0.15, 0.2) is 0 Å². The Morgan fingerprint density at radius 2 is 2.18 bits per heavy atom. The smallest absolute Gasteiger partial charge is 0.0407 e. The van der Waals surface area contributed by atoms with E-state index in [1.807, 2.05) is 0 Å². The predicted octanol–water partition coefficient (Wildman–Crippen LogP) is 2.91. The Labute approximate surface area is 105 Å². The maximum atomic E-state index is 5.62. The number of aryl methyl sites for hydroxylation is 1. The SMILES string of the molecule is CC1CN(C(C)C)c2cccc(CCCN)c21. The first-order valence-corrected chi connectivity index (χ1v) is 6.73. The van der Waals surface area contributed by atoms with Crippen LogP contribution in [-0.4, -0.2) is 19.1 Å². The third-order valence-corrected chi connectivity index (χ3v) is 3.72. The molecule has 0 saturated carbocycles. The van der Waals surface area contributed by atoms with E-state index in [-0.39, 0.29) is 0 Å². The van der Waals surface area contributed by atoms with Crippen LogP contribution < -0.4 is 10.6 Å². The Hall–Kier alpha value is -1.02. The highest BCUT2D eigenvalue weighted by molar-refractivity contribution is 5.63. The molecule has 0 radical (unpaired) electrons. The first kappa shape index (κ1) is 12.4. The van der Waals surface area contributed by atoms with Crippen molar-refractivity contribution in [2.24, 2.45) is 5.73 Å². The van der Waals surface area contributed by atoms with Gasteiger partial charge in [0.1, 0.15) is 0 Å². The summed E-state index contributed by atoms with van der Waals surface area (Å²) < 4.78 is 0. The molecule has 0 fully saturated rings. The van der Waals surface area contributed by atoms with Crippen molar-refractivity contribution in [3.8, 4) is 0 Å². The second-order valence-corrected chi connectivity index (χ2v) is 5.39. The number of rotatable bonds is 4. The molecule has 0 bridgehead atoms. The van der Waals surface area contributed by atoms with Crippen LogP contribution in [0, 0.1) is 0 Å². The summed E-state index contributed by atoms with van der Waals surface area (Å²) >= 11 is 0. The number of hydrogen-bond donors (Lipinski definition) is 1. The Kier molecular flexibility index (Phi) is 3.72. The van der Waals surface area contributed by atoms with E-state index in [1.54, 1.807) is 5.56 Å². The van der Waals surface area contributed by atoms with Gasteiger partial charge in [0, 0.05) is 24.2 Å². The number of hydrogen-bond acceptors (Lipinski definition) is 2. The average molecular weight is 232 g/mol. The Balaban J connectivity index is 2.34. The molecule has 2 N–H and O–H groups in total. The standard InChI is InChI=1S/C15H24N2/c1-11(2)17-10-12(3)15-13(7-5-9-16)6-4-8-14(15)17/h4,6,8,11-12H,5,7,9-10,16H2,1-3H3. The molecule has 1 aliphatic heterocycles. The molecule has 0 amide bonds. The van der Waals surface area contributed by atoms with Crippen molar-refractivity contribution in [2.75, 3.05) is 18.0 Å². The first-order valence-electron chi connectivity index (χ1n) is 6.73. The lowest BCUT2D eigenvalue weighted by Gasteiger charge is -2.24. The van der Waals surface area contributed by atoms with Gasteiger partial charge in [-0.25, -0.2) is 0 Å². The lowest BCUT2D eigenvalue weighted by atomic mass is 9.94. The second-order valence-electron chi connectivity index (χ2n) is 5.39. The van der Waals surface area contributed by atoms with E-state index < -0.39 is 0 Å². The third-order valence-electron chi connectivity index (χ3n) is 3.72. The molecule has 2 rings (SSSR count). The number of fused-ring (bicyclic) bond motifs is 1. The normalized spacial score (nSPS) is 18.9. The number of benzene rings is 1. The molecule has 2 nitrogen and oxygen atoms in total. The van der Waals surface area contributed by atoms with Gasteiger partial charge in [0.05, 0.1) is 0 Å². The van der Waals surface area contributed by atoms with Gasteiger partial charge < -0.3 is 10.6 Å². The fourth-order valence-electron chi connectivity index (χ4n) is 2.90. The zero-order chi connectivity index (χ0) is 12.4. The van der Waals surface area contributed by atoms with Crippen LogP contribution in [0.4, 0.5) is 5.69 Å². The van der Waals surface area contributed by atoms with Crippen molar-refractivity contribution in [3.63, 3.8) is 0 Å². The molecule has 0 spiro atoms. The summed E-state index contributed by atoms with van der Waals surface area (Å²) in [7, 11) is 0. The fraction of sp³-hybridized carbons (Fsp3) is 0.600.